The summed E-state index contributed by atoms with van der Waals surface area (Å²) < 4.78 is 5.32. The third kappa shape index (κ3) is 2.67. The molecular formula is C12H15ClN4OS. The lowest BCUT2D eigenvalue weighted by atomic mass is 10.2. The normalized spacial score (nSPS) is 18.6. The summed E-state index contributed by atoms with van der Waals surface area (Å²) in [6.45, 7) is 6.13. The van der Waals surface area contributed by atoms with Gasteiger partial charge >= 0.3 is 0 Å². The van der Waals surface area contributed by atoms with Crippen LogP contribution in [0.5, 0.6) is 0 Å². The van der Waals surface area contributed by atoms with Gasteiger partial charge in [-0.1, -0.05) is 16.8 Å². The number of rotatable bonds is 3. The van der Waals surface area contributed by atoms with Gasteiger partial charge in [0.25, 0.3) is 5.89 Å². The predicted octanol–water partition coefficient (Wildman–Crippen LogP) is 2.42. The summed E-state index contributed by atoms with van der Waals surface area (Å²) in [4.78, 5) is 7.66. The zero-order chi connectivity index (χ0) is 13.2. The summed E-state index contributed by atoms with van der Waals surface area (Å²) in [6, 6.07) is 2.00. The van der Waals surface area contributed by atoms with Crippen molar-refractivity contribution in [3.05, 3.63) is 22.3 Å². The maximum Gasteiger partial charge on any atom is 0.269 e. The molecule has 1 aliphatic rings. The zero-order valence-electron chi connectivity index (χ0n) is 10.6. The van der Waals surface area contributed by atoms with E-state index in [0.717, 1.165) is 36.9 Å². The van der Waals surface area contributed by atoms with Gasteiger partial charge in [-0.3, -0.25) is 4.90 Å². The molecule has 0 aromatic carbocycles. The van der Waals surface area contributed by atoms with Gasteiger partial charge in [-0.15, -0.1) is 11.3 Å². The molecule has 0 amide bonds. The summed E-state index contributed by atoms with van der Waals surface area (Å²) in [6.07, 6.45) is 0. The fourth-order valence-corrected chi connectivity index (χ4v) is 3.23. The van der Waals surface area contributed by atoms with E-state index in [1.165, 1.54) is 11.3 Å². The number of hydrogen-bond donors (Lipinski definition) is 1. The lowest BCUT2D eigenvalue weighted by Crippen LogP contribution is -2.44. The lowest BCUT2D eigenvalue weighted by molar-refractivity contribution is 0.176. The Labute approximate surface area is 120 Å². The second kappa shape index (κ2) is 5.58. The summed E-state index contributed by atoms with van der Waals surface area (Å²) in [7, 11) is 0. The maximum absolute atomic E-state index is 6.08. The van der Waals surface area contributed by atoms with Crippen molar-refractivity contribution in [2.45, 2.75) is 13.0 Å². The minimum atomic E-state index is 0.165. The zero-order valence-corrected chi connectivity index (χ0v) is 12.2. The first kappa shape index (κ1) is 13.1. The van der Waals surface area contributed by atoms with Gasteiger partial charge in [0.05, 0.1) is 11.1 Å². The van der Waals surface area contributed by atoms with E-state index in [-0.39, 0.29) is 6.04 Å². The lowest BCUT2D eigenvalue weighted by Gasteiger charge is -2.30. The average Bonchev–Trinajstić information content (AvgIpc) is 3.07. The molecule has 1 aliphatic heterocycles. The monoisotopic (exact) mass is 298 g/mol. The minimum absolute atomic E-state index is 0.165. The van der Waals surface area contributed by atoms with E-state index in [1.807, 2.05) is 11.4 Å². The maximum atomic E-state index is 6.08. The van der Waals surface area contributed by atoms with Crippen LogP contribution in [0, 0.1) is 0 Å². The van der Waals surface area contributed by atoms with Crippen LogP contribution < -0.4 is 5.32 Å². The fraction of sp³-hybridized carbons (Fsp3) is 0.500. The molecule has 0 bridgehead atoms. The second-order valence-corrected chi connectivity index (χ2v) is 5.84. The summed E-state index contributed by atoms with van der Waals surface area (Å²) in [5.41, 5.74) is 0. The van der Waals surface area contributed by atoms with Crippen LogP contribution in [0.15, 0.2) is 16.0 Å². The number of piperazine rings is 1. The number of halogens is 1. The molecule has 1 fully saturated rings. The molecule has 2 aromatic rings. The van der Waals surface area contributed by atoms with Crippen LogP contribution in [0.1, 0.15) is 18.8 Å². The molecular weight excluding hydrogens is 284 g/mol. The van der Waals surface area contributed by atoms with Crippen LogP contribution in [0.3, 0.4) is 0 Å². The highest BCUT2D eigenvalue weighted by Gasteiger charge is 2.23. The smallest absolute Gasteiger partial charge is 0.269 e. The van der Waals surface area contributed by atoms with Crippen molar-refractivity contribution < 1.29 is 4.52 Å². The van der Waals surface area contributed by atoms with Gasteiger partial charge in [0.2, 0.25) is 0 Å². The van der Waals surface area contributed by atoms with Gasteiger partial charge < -0.3 is 9.84 Å². The second-order valence-electron chi connectivity index (χ2n) is 4.52. The minimum Gasteiger partial charge on any atom is -0.333 e. The van der Waals surface area contributed by atoms with Crippen molar-refractivity contribution >= 4 is 22.9 Å². The molecule has 3 heterocycles. The Morgan fingerprint density at radius 1 is 1.47 bits per heavy atom. The predicted molar refractivity (Wildman–Crippen MR) is 75.5 cm³/mol. The number of aromatic nitrogens is 2. The van der Waals surface area contributed by atoms with Crippen LogP contribution in [-0.2, 0) is 0 Å². The van der Waals surface area contributed by atoms with Gasteiger partial charge in [0, 0.05) is 26.2 Å². The Bertz CT molecular complexity index is 549. The molecule has 1 atom stereocenters. The van der Waals surface area contributed by atoms with Crippen LogP contribution >= 0.6 is 22.9 Å². The Morgan fingerprint density at radius 3 is 2.95 bits per heavy atom. The van der Waals surface area contributed by atoms with Gasteiger partial charge in [-0.25, -0.2) is 0 Å². The molecule has 0 aliphatic carbocycles. The first-order valence-corrected chi connectivity index (χ1v) is 7.53. The number of nitrogens with one attached hydrogen (secondary N) is 1. The Kier molecular flexibility index (Phi) is 3.83. The first-order valence-electron chi connectivity index (χ1n) is 6.27. The Balaban J connectivity index is 1.79. The van der Waals surface area contributed by atoms with E-state index >= 15 is 0 Å². The van der Waals surface area contributed by atoms with Crippen molar-refractivity contribution in [1.29, 1.82) is 0 Å². The topological polar surface area (TPSA) is 54.2 Å². The highest BCUT2D eigenvalue weighted by atomic mass is 35.5. The molecule has 7 heteroatoms. The van der Waals surface area contributed by atoms with Crippen LogP contribution in [-0.4, -0.2) is 41.2 Å². The molecule has 1 saturated heterocycles. The molecule has 19 heavy (non-hydrogen) atoms. The quantitative estimate of drug-likeness (QED) is 0.943. The Hall–Kier alpha value is -0.950. The van der Waals surface area contributed by atoms with Crippen molar-refractivity contribution in [2.24, 2.45) is 0 Å². The van der Waals surface area contributed by atoms with E-state index in [1.54, 1.807) is 0 Å². The molecule has 3 rings (SSSR count). The molecule has 102 valence electrons. The Morgan fingerprint density at radius 2 is 2.26 bits per heavy atom. The van der Waals surface area contributed by atoms with Crippen molar-refractivity contribution in [3.63, 3.8) is 0 Å². The van der Waals surface area contributed by atoms with Gasteiger partial charge in [0.1, 0.15) is 4.88 Å². The number of thiophene rings is 1. The van der Waals surface area contributed by atoms with Gasteiger partial charge in [-0.05, 0) is 18.4 Å². The molecule has 1 unspecified atom stereocenters. The molecule has 0 radical (unpaired) electrons. The molecule has 0 saturated carbocycles. The van der Waals surface area contributed by atoms with Crippen molar-refractivity contribution in [1.82, 2.24) is 20.4 Å². The molecule has 2 aromatic heterocycles. The standard InChI is InChI=1S/C12H15ClN4OS/c1-8(17-5-3-14-4-6-17)11-15-12(18-16-11)10-9(13)2-7-19-10/h2,7-8,14H,3-6H2,1H3. The van der Waals surface area contributed by atoms with Crippen LogP contribution in [0.2, 0.25) is 5.02 Å². The van der Waals surface area contributed by atoms with E-state index in [0.29, 0.717) is 10.9 Å². The highest BCUT2D eigenvalue weighted by molar-refractivity contribution is 7.14. The summed E-state index contributed by atoms with van der Waals surface area (Å²) in [5.74, 6) is 1.23. The summed E-state index contributed by atoms with van der Waals surface area (Å²) >= 11 is 7.59. The third-order valence-electron chi connectivity index (χ3n) is 3.33. The molecule has 0 spiro atoms. The van der Waals surface area contributed by atoms with E-state index in [2.05, 4.69) is 27.3 Å². The van der Waals surface area contributed by atoms with Crippen LogP contribution in [0.25, 0.3) is 10.8 Å². The first-order chi connectivity index (χ1) is 9.25. The third-order valence-corrected chi connectivity index (χ3v) is 4.66. The van der Waals surface area contributed by atoms with Crippen LogP contribution in [0.4, 0.5) is 0 Å². The number of hydrogen-bond acceptors (Lipinski definition) is 6. The number of nitrogens with zero attached hydrogens (tertiary/aromatic N) is 3. The van der Waals surface area contributed by atoms with Gasteiger partial charge in [-0.2, -0.15) is 4.98 Å². The van der Waals surface area contributed by atoms with E-state index < -0.39 is 0 Å². The van der Waals surface area contributed by atoms with E-state index in [4.69, 9.17) is 16.1 Å². The van der Waals surface area contributed by atoms with Crippen molar-refractivity contribution in [3.8, 4) is 10.8 Å². The molecule has 1 N–H and O–H groups in total. The van der Waals surface area contributed by atoms with Gasteiger partial charge in [0.15, 0.2) is 5.82 Å². The highest BCUT2D eigenvalue weighted by Crippen LogP contribution is 2.32. The molecule has 5 nitrogen and oxygen atoms in total. The fourth-order valence-electron chi connectivity index (χ4n) is 2.18. The largest absolute Gasteiger partial charge is 0.333 e. The average molecular weight is 299 g/mol. The van der Waals surface area contributed by atoms with Crippen molar-refractivity contribution in [2.75, 3.05) is 26.2 Å². The van der Waals surface area contributed by atoms with E-state index in [9.17, 15) is 0 Å². The SMILES string of the molecule is CC(c1noc(-c2sccc2Cl)n1)N1CCNCC1. The summed E-state index contributed by atoms with van der Waals surface area (Å²) in [5, 5.41) is 10.0.